The summed E-state index contributed by atoms with van der Waals surface area (Å²) in [6, 6.07) is 5.01. The Morgan fingerprint density at radius 2 is 2.19 bits per heavy atom. The number of aryl methyl sites for hydroxylation is 2. The van der Waals surface area contributed by atoms with Crippen LogP contribution >= 0.6 is 27.5 Å². The van der Waals surface area contributed by atoms with E-state index in [4.69, 9.17) is 16.1 Å². The van der Waals surface area contributed by atoms with E-state index in [2.05, 4.69) is 26.1 Å². The van der Waals surface area contributed by atoms with Crippen molar-refractivity contribution in [1.82, 2.24) is 14.7 Å². The van der Waals surface area contributed by atoms with Crippen LogP contribution in [-0.2, 0) is 13.0 Å². The second-order valence-corrected chi connectivity index (χ2v) is 5.97. The lowest BCUT2D eigenvalue weighted by Gasteiger charge is -2.06. The van der Waals surface area contributed by atoms with Crippen LogP contribution in [0, 0.1) is 12.7 Å². The number of aromatic nitrogens is 3. The van der Waals surface area contributed by atoms with Gasteiger partial charge in [-0.15, -0.1) is 11.6 Å². The van der Waals surface area contributed by atoms with E-state index in [0.29, 0.717) is 28.8 Å². The Balaban J connectivity index is 2.12. The van der Waals surface area contributed by atoms with Gasteiger partial charge in [0.1, 0.15) is 23.1 Å². The molecule has 0 N–H and O–H groups in total. The molecule has 0 unspecified atom stereocenters. The van der Waals surface area contributed by atoms with Crippen LogP contribution in [-0.4, -0.2) is 20.6 Å². The number of nitrogens with zero attached hydrogens (tertiary/aromatic N) is 3. The minimum atomic E-state index is -0.332. The molecule has 4 nitrogen and oxygen atoms in total. The Bertz CT molecular complexity index is 799. The Morgan fingerprint density at radius 1 is 1.38 bits per heavy atom. The van der Waals surface area contributed by atoms with E-state index in [1.165, 1.54) is 6.07 Å². The van der Waals surface area contributed by atoms with Crippen molar-refractivity contribution in [1.29, 1.82) is 0 Å². The number of imidazole rings is 1. The first-order chi connectivity index (χ1) is 10.1. The number of alkyl halides is 1. The van der Waals surface area contributed by atoms with E-state index in [0.717, 1.165) is 22.8 Å². The number of rotatable bonds is 4. The molecule has 0 fully saturated rings. The van der Waals surface area contributed by atoms with Gasteiger partial charge in [0.25, 0.3) is 0 Å². The SMILES string of the molecule is Cc1cc(Cn2c(CCCl)nc3cc(F)c(Br)cc32)no1. The number of hydrogen-bond donors (Lipinski definition) is 0. The Kier molecular flexibility index (Phi) is 3.99. The summed E-state index contributed by atoms with van der Waals surface area (Å²) in [4.78, 5) is 4.47. The molecule has 110 valence electrons. The van der Waals surface area contributed by atoms with Crippen molar-refractivity contribution in [3.05, 3.63) is 45.8 Å². The van der Waals surface area contributed by atoms with E-state index < -0.39 is 0 Å². The first kappa shape index (κ1) is 14.5. The Morgan fingerprint density at radius 3 is 2.86 bits per heavy atom. The zero-order valence-corrected chi connectivity index (χ0v) is 13.6. The van der Waals surface area contributed by atoms with Crippen molar-refractivity contribution in [3.63, 3.8) is 0 Å². The first-order valence-corrected chi connectivity index (χ1v) is 7.73. The normalized spacial score (nSPS) is 11.4. The summed E-state index contributed by atoms with van der Waals surface area (Å²) in [5.41, 5.74) is 2.24. The average molecular weight is 373 g/mol. The van der Waals surface area contributed by atoms with E-state index in [1.54, 1.807) is 6.07 Å². The van der Waals surface area contributed by atoms with Gasteiger partial charge in [-0.3, -0.25) is 0 Å². The molecule has 0 radical (unpaired) electrons. The third-order valence-electron chi connectivity index (χ3n) is 3.18. The zero-order chi connectivity index (χ0) is 15.0. The van der Waals surface area contributed by atoms with Gasteiger partial charge in [-0.2, -0.15) is 0 Å². The summed E-state index contributed by atoms with van der Waals surface area (Å²) in [7, 11) is 0. The molecule has 3 aromatic rings. The van der Waals surface area contributed by atoms with Crippen molar-refractivity contribution in [2.75, 3.05) is 5.88 Å². The fraction of sp³-hybridized carbons (Fsp3) is 0.286. The minimum Gasteiger partial charge on any atom is -0.361 e. The monoisotopic (exact) mass is 371 g/mol. The number of fused-ring (bicyclic) bond motifs is 1. The molecule has 0 amide bonds. The molecule has 0 saturated carbocycles. The highest BCUT2D eigenvalue weighted by Gasteiger charge is 2.14. The lowest BCUT2D eigenvalue weighted by Crippen LogP contribution is -2.06. The van der Waals surface area contributed by atoms with Crippen LogP contribution in [0.5, 0.6) is 0 Å². The van der Waals surface area contributed by atoms with E-state index in [-0.39, 0.29) is 5.82 Å². The molecule has 0 spiro atoms. The maximum absolute atomic E-state index is 13.7. The van der Waals surface area contributed by atoms with Crippen LogP contribution in [0.25, 0.3) is 11.0 Å². The molecule has 0 aliphatic carbocycles. The average Bonchev–Trinajstić information content (AvgIpc) is 2.97. The molecular formula is C14H12BrClFN3O. The summed E-state index contributed by atoms with van der Waals surface area (Å²) in [5.74, 6) is 1.67. The van der Waals surface area contributed by atoms with Gasteiger partial charge < -0.3 is 9.09 Å². The molecule has 1 aromatic carbocycles. The zero-order valence-electron chi connectivity index (χ0n) is 11.2. The van der Waals surface area contributed by atoms with E-state index >= 15 is 0 Å². The molecule has 2 aromatic heterocycles. The van der Waals surface area contributed by atoms with Gasteiger partial charge >= 0.3 is 0 Å². The summed E-state index contributed by atoms with van der Waals surface area (Å²) < 4.78 is 21.1. The fourth-order valence-corrected chi connectivity index (χ4v) is 2.78. The van der Waals surface area contributed by atoms with Gasteiger partial charge in [-0.25, -0.2) is 9.37 Å². The fourth-order valence-electron chi connectivity index (χ4n) is 2.28. The number of benzene rings is 1. The summed E-state index contributed by atoms with van der Waals surface area (Å²) >= 11 is 9.05. The van der Waals surface area contributed by atoms with Crippen molar-refractivity contribution < 1.29 is 8.91 Å². The van der Waals surface area contributed by atoms with Crippen LogP contribution < -0.4 is 0 Å². The molecule has 0 atom stereocenters. The first-order valence-electron chi connectivity index (χ1n) is 6.41. The van der Waals surface area contributed by atoms with Crippen molar-refractivity contribution in [2.24, 2.45) is 0 Å². The van der Waals surface area contributed by atoms with Gasteiger partial charge in [0.05, 0.1) is 22.1 Å². The van der Waals surface area contributed by atoms with Crippen molar-refractivity contribution in [3.8, 4) is 0 Å². The predicted octanol–water partition coefficient (Wildman–Crippen LogP) is 4.06. The van der Waals surface area contributed by atoms with Gasteiger partial charge in [-0.1, -0.05) is 5.16 Å². The highest BCUT2D eigenvalue weighted by Crippen LogP contribution is 2.25. The number of hydrogen-bond acceptors (Lipinski definition) is 3. The topological polar surface area (TPSA) is 43.9 Å². The Hall–Kier alpha value is -1.40. The standard InChI is InChI=1S/C14H12BrClFN3O/c1-8-4-9(19-21-8)7-20-13-5-10(15)11(17)6-12(13)18-14(20)2-3-16/h4-6H,2-3,7H2,1H3. The molecule has 2 heterocycles. The van der Waals surface area contributed by atoms with Gasteiger partial charge in [0.15, 0.2) is 0 Å². The Labute approximate surface area is 134 Å². The lowest BCUT2D eigenvalue weighted by molar-refractivity contribution is 0.389. The van der Waals surface area contributed by atoms with Crippen LogP contribution in [0.2, 0.25) is 0 Å². The molecule has 0 saturated heterocycles. The van der Waals surface area contributed by atoms with E-state index in [1.807, 2.05) is 17.6 Å². The predicted molar refractivity (Wildman–Crippen MR) is 82.2 cm³/mol. The molecule has 7 heteroatoms. The highest BCUT2D eigenvalue weighted by molar-refractivity contribution is 9.10. The molecule has 3 rings (SSSR count). The summed E-state index contributed by atoms with van der Waals surface area (Å²) in [6.07, 6.45) is 0.603. The maximum atomic E-state index is 13.7. The molecule has 0 aliphatic rings. The second-order valence-electron chi connectivity index (χ2n) is 4.74. The molecule has 0 bridgehead atoms. The quantitative estimate of drug-likeness (QED) is 0.649. The van der Waals surface area contributed by atoms with Gasteiger partial charge in [0, 0.05) is 24.4 Å². The van der Waals surface area contributed by atoms with Gasteiger partial charge in [-0.05, 0) is 28.9 Å². The summed E-state index contributed by atoms with van der Waals surface area (Å²) in [5, 5.41) is 4.00. The summed E-state index contributed by atoms with van der Waals surface area (Å²) in [6.45, 7) is 2.35. The van der Waals surface area contributed by atoms with Gasteiger partial charge in [0.2, 0.25) is 0 Å². The van der Waals surface area contributed by atoms with Crippen LogP contribution in [0.1, 0.15) is 17.3 Å². The van der Waals surface area contributed by atoms with Crippen LogP contribution in [0.4, 0.5) is 4.39 Å². The number of halogens is 3. The third kappa shape index (κ3) is 2.82. The maximum Gasteiger partial charge on any atom is 0.139 e. The lowest BCUT2D eigenvalue weighted by atomic mass is 10.3. The largest absolute Gasteiger partial charge is 0.361 e. The van der Waals surface area contributed by atoms with E-state index in [9.17, 15) is 4.39 Å². The van der Waals surface area contributed by atoms with Crippen LogP contribution in [0.15, 0.2) is 27.2 Å². The highest BCUT2D eigenvalue weighted by atomic mass is 79.9. The second kappa shape index (κ2) is 5.77. The molecule has 0 aliphatic heterocycles. The van der Waals surface area contributed by atoms with Crippen molar-refractivity contribution >= 4 is 38.6 Å². The van der Waals surface area contributed by atoms with Crippen LogP contribution in [0.3, 0.4) is 0 Å². The third-order valence-corrected chi connectivity index (χ3v) is 3.98. The molecular weight excluding hydrogens is 361 g/mol. The minimum absolute atomic E-state index is 0.332. The smallest absolute Gasteiger partial charge is 0.139 e. The van der Waals surface area contributed by atoms with Crippen molar-refractivity contribution in [2.45, 2.75) is 19.9 Å². The molecule has 21 heavy (non-hydrogen) atoms.